The van der Waals surface area contributed by atoms with Crippen molar-refractivity contribution in [2.75, 3.05) is 0 Å². The third kappa shape index (κ3) is 5.89. The van der Waals surface area contributed by atoms with Gasteiger partial charge in [-0.25, -0.2) is 18.0 Å². The van der Waals surface area contributed by atoms with Crippen LogP contribution in [0.15, 0.2) is 36.4 Å². The molecule has 0 aliphatic heterocycles. The maximum Gasteiger partial charge on any atom is 0.409 e. The normalized spacial score (nSPS) is 19.6. The Bertz CT molecular complexity index is 965. The van der Waals surface area contributed by atoms with Crippen molar-refractivity contribution in [1.29, 1.82) is 0 Å². The molecule has 2 nitrogen and oxygen atoms in total. The van der Waals surface area contributed by atoms with Crippen molar-refractivity contribution in [3.05, 3.63) is 70.5 Å². The maximum atomic E-state index is 14.5. The van der Waals surface area contributed by atoms with Gasteiger partial charge in [0.15, 0.2) is 0 Å². The minimum absolute atomic E-state index is 0.205. The van der Waals surface area contributed by atoms with Gasteiger partial charge in [0.2, 0.25) is 0 Å². The number of halogens is 6. The summed E-state index contributed by atoms with van der Waals surface area (Å²) in [7, 11) is 0. The molecular formula is C23H20F6O2. The molecule has 0 atom stereocenters. The quantitative estimate of drug-likeness (QED) is 0.285. The number of hydrogen-bond acceptors (Lipinski definition) is 2. The summed E-state index contributed by atoms with van der Waals surface area (Å²) in [6.07, 6.45) is -0.882. The minimum atomic E-state index is -4.75. The highest BCUT2D eigenvalue weighted by molar-refractivity contribution is 5.91. The summed E-state index contributed by atoms with van der Waals surface area (Å²) in [6.45, 7) is 2.17. The van der Waals surface area contributed by atoms with E-state index in [1.54, 1.807) is 6.07 Å². The summed E-state index contributed by atoms with van der Waals surface area (Å²) in [5.74, 6) is -4.45. The first-order chi connectivity index (χ1) is 14.5. The zero-order valence-corrected chi connectivity index (χ0v) is 16.6. The monoisotopic (exact) mass is 442 g/mol. The topological polar surface area (TPSA) is 26.3 Å². The van der Waals surface area contributed by atoms with Gasteiger partial charge >= 0.3 is 12.1 Å². The lowest BCUT2D eigenvalue weighted by Gasteiger charge is -2.26. The fraction of sp³-hybridized carbons (Fsp3) is 0.348. The van der Waals surface area contributed by atoms with Crippen molar-refractivity contribution < 1.29 is 35.9 Å². The van der Waals surface area contributed by atoms with E-state index < -0.39 is 46.5 Å². The predicted octanol–water partition coefficient (Wildman–Crippen LogP) is 7.19. The van der Waals surface area contributed by atoms with Crippen LogP contribution >= 0.6 is 0 Å². The summed E-state index contributed by atoms with van der Waals surface area (Å²) < 4.78 is 83.9. The van der Waals surface area contributed by atoms with Gasteiger partial charge in [-0.2, -0.15) is 13.2 Å². The predicted molar refractivity (Wildman–Crippen MR) is 103 cm³/mol. The zero-order chi connectivity index (χ0) is 22.8. The Balaban J connectivity index is 1.75. The van der Waals surface area contributed by atoms with E-state index in [-0.39, 0.29) is 18.1 Å². The lowest BCUT2D eigenvalue weighted by atomic mass is 9.79. The van der Waals surface area contributed by atoms with Gasteiger partial charge in [-0.3, -0.25) is 0 Å². The van der Waals surface area contributed by atoms with E-state index in [0.29, 0.717) is 18.1 Å². The average molecular weight is 442 g/mol. The number of allylic oxidation sites excluding steroid dienone is 1. The molecule has 2 aromatic rings. The second-order valence-corrected chi connectivity index (χ2v) is 7.76. The van der Waals surface area contributed by atoms with Crippen LogP contribution in [-0.4, -0.2) is 12.1 Å². The molecule has 0 unspecified atom stereocenters. The Hall–Kier alpha value is -2.77. The van der Waals surface area contributed by atoms with Gasteiger partial charge in [-0.15, -0.1) is 0 Å². The van der Waals surface area contributed by atoms with Crippen LogP contribution in [0.4, 0.5) is 26.3 Å². The first kappa shape index (κ1) is 22.9. The van der Waals surface area contributed by atoms with Crippen LogP contribution in [0.5, 0.6) is 5.75 Å². The van der Waals surface area contributed by atoms with Crippen molar-refractivity contribution in [2.24, 2.45) is 5.92 Å². The lowest BCUT2D eigenvalue weighted by Crippen LogP contribution is -2.14. The van der Waals surface area contributed by atoms with Crippen LogP contribution in [0.3, 0.4) is 0 Å². The Labute approximate surface area is 175 Å². The van der Waals surface area contributed by atoms with Crippen molar-refractivity contribution in [3.63, 3.8) is 0 Å². The molecule has 1 saturated carbocycles. The van der Waals surface area contributed by atoms with Crippen LogP contribution < -0.4 is 4.74 Å². The van der Waals surface area contributed by atoms with Crippen LogP contribution in [0.25, 0.3) is 6.08 Å². The molecule has 0 saturated heterocycles. The third-order valence-corrected chi connectivity index (χ3v) is 5.40. The molecule has 166 valence electrons. The maximum absolute atomic E-state index is 14.5. The fourth-order valence-electron chi connectivity index (χ4n) is 3.66. The van der Waals surface area contributed by atoms with E-state index in [9.17, 15) is 31.1 Å². The number of esters is 1. The first-order valence-corrected chi connectivity index (χ1v) is 9.80. The van der Waals surface area contributed by atoms with E-state index in [2.05, 4.69) is 6.92 Å². The van der Waals surface area contributed by atoms with Crippen LogP contribution in [0, 0.1) is 23.4 Å². The summed E-state index contributed by atoms with van der Waals surface area (Å²) in [6, 6.07) is 5.28. The van der Waals surface area contributed by atoms with Crippen LogP contribution in [-0.2, 0) is 0 Å². The fourth-order valence-corrected chi connectivity index (χ4v) is 3.66. The summed E-state index contributed by atoms with van der Waals surface area (Å²) in [4.78, 5) is 12.3. The molecule has 1 aliphatic carbocycles. The smallest absolute Gasteiger partial charge is 0.409 e. The van der Waals surface area contributed by atoms with Gasteiger partial charge in [-0.1, -0.05) is 25.8 Å². The van der Waals surface area contributed by atoms with Crippen molar-refractivity contribution in [1.82, 2.24) is 0 Å². The molecule has 1 fully saturated rings. The SMILES string of the molecule is CC1CCC(c2ccc(C(=O)Oc3cc(F)c(/C=C/C(F)(F)F)c(F)c3)c(F)c2)CC1. The van der Waals surface area contributed by atoms with E-state index >= 15 is 0 Å². The number of carbonyl (C=O) groups excluding carboxylic acids is 1. The Morgan fingerprint density at radius 1 is 0.968 bits per heavy atom. The minimum Gasteiger partial charge on any atom is -0.423 e. The molecule has 0 radical (unpaired) electrons. The molecular weight excluding hydrogens is 422 g/mol. The largest absolute Gasteiger partial charge is 0.423 e. The van der Waals surface area contributed by atoms with E-state index in [1.165, 1.54) is 12.1 Å². The van der Waals surface area contributed by atoms with Gasteiger partial charge in [-0.05, 0) is 48.4 Å². The highest BCUT2D eigenvalue weighted by Crippen LogP contribution is 2.36. The summed E-state index contributed by atoms with van der Waals surface area (Å²) >= 11 is 0. The summed E-state index contributed by atoms with van der Waals surface area (Å²) in [5.41, 5.74) is -0.567. The number of carbonyl (C=O) groups is 1. The molecule has 0 N–H and O–H groups in total. The third-order valence-electron chi connectivity index (χ3n) is 5.40. The van der Waals surface area contributed by atoms with Crippen molar-refractivity contribution >= 4 is 12.0 Å². The molecule has 3 rings (SSSR count). The molecule has 1 aliphatic rings. The van der Waals surface area contributed by atoms with E-state index in [1.807, 2.05) is 0 Å². The summed E-state index contributed by atoms with van der Waals surface area (Å²) in [5, 5.41) is 0. The zero-order valence-electron chi connectivity index (χ0n) is 16.6. The first-order valence-electron chi connectivity index (χ1n) is 9.80. The molecule has 0 amide bonds. The average Bonchev–Trinajstić information content (AvgIpc) is 2.66. The van der Waals surface area contributed by atoms with Gasteiger partial charge in [0.25, 0.3) is 0 Å². The van der Waals surface area contributed by atoms with E-state index in [4.69, 9.17) is 4.74 Å². The van der Waals surface area contributed by atoms with Crippen molar-refractivity contribution in [3.8, 4) is 5.75 Å². The Morgan fingerprint density at radius 2 is 1.58 bits per heavy atom. The Kier molecular flexibility index (Phi) is 6.77. The molecule has 0 heterocycles. The number of benzene rings is 2. The molecule has 31 heavy (non-hydrogen) atoms. The highest BCUT2D eigenvalue weighted by atomic mass is 19.4. The second kappa shape index (κ2) is 9.16. The van der Waals surface area contributed by atoms with Crippen LogP contribution in [0.2, 0.25) is 0 Å². The molecule has 0 bridgehead atoms. The number of ether oxygens (including phenoxy) is 1. The lowest BCUT2D eigenvalue weighted by molar-refractivity contribution is -0.0790. The van der Waals surface area contributed by atoms with E-state index in [0.717, 1.165) is 31.2 Å². The number of hydrogen-bond donors (Lipinski definition) is 0. The molecule has 0 spiro atoms. The molecule has 2 aromatic carbocycles. The second-order valence-electron chi connectivity index (χ2n) is 7.76. The van der Waals surface area contributed by atoms with Gasteiger partial charge < -0.3 is 4.74 Å². The molecule has 8 heteroatoms. The number of rotatable bonds is 4. The van der Waals surface area contributed by atoms with Gasteiger partial charge in [0.05, 0.1) is 5.56 Å². The standard InChI is InChI=1S/C23H20F6O2/c1-13-2-4-14(5-3-13)15-6-7-18(19(24)10-15)22(30)31-16-11-20(25)17(21(26)12-16)8-9-23(27,28)29/h6-14H,2-5H2,1H3/b9-8+. The van der Waals surface area contributed by atoms with Crippen LogP contribution in [0.1, 0.15) is 60.0 Å². The number of alkyl halides is 3. The van der Waals surface area contributed by atoms with Gasteiger partial charge in [0.1, 0.15) is 23.2 Å². The highest BCUT2D eigenvalue weighted by Gasteiger charge is 2.24. The molecule has 0 aromatic heterocycles. The van der Waals surface area contributed by atoms with Crippen molar-refractivity contribution in [2.45, 2.75) is 44.7 Å². The van der Waals surface area contributed by atoms with Gasteiger partial charge in [0, 0.05) is 23.8 Å². The Morgan fingerprint density at radius 3 is 2.13 bits per heavy atom.